The highest BCUT2D eigenvalue weighted by Crippen LogP contribution is 2.03. The van der Waals surface area contributed by atoms with Crippen LogP contribution in [-0.4, -0.2) is 51.8 Å². The Kier molecular flexibility index (Phi) is 10.2. The summed E-state index contributed by atoms with van der Waals surface area (Å²) in [5.74, 6) is 0.249. The largest absolute Gasteiger partial charge is 0.385 e. The fraction of sp³-hybridized carbons (Fsp3) is 0.529. The first-order chi connectivity index (χ1) is 11.7. The Balaban J connectivity index is 2.25. The predicted octanol–water partition coefficient (Wildman–Crippen LogP) is 1.08. The van der Waals surface area contributed by atoms with Crippen LogP contribution in [-0.2, 0) is 16.0 Å². The predicted molar refractivity (Wildman–Crippen MR) is 93.6 cm³/mol. The van der Waals surface area contributed by atoms with E-state index in [0.29, 0.717) is 37.8 Å². The molecule has 1 amide bonds. The molecule has 0 spiro atoms. The average molecular weight is 338 g/mol. The molecule has 0 bridgehead atoms. The number of hydrogen-bond acceptors (Lipinski definition) is 3. The fourth-order valence-electron chi connectivity index (χ4n) is 2.02. The number of methoxy groups -OCH3 is 1. The van der Waals surface area contributed by atoms with Crippen LogP contribution in [0.2, 0.25) is 0 Å². The van der Waals surface area contributed by atoms with Crippen molar-refractivity contribution in [2.24, 2.45) is 4.99 Å². The van der Waals surface area contributed by atoms with E-state index >= 15 is 0 Å². The molecule has 0 saturated heterocycles. The number of benzene rings is 1. The SMILES string of the molecule is CCNC(=NCCCOC)NCCNC(=O)Cc1cccc(F)c1. The molecule has 0 atom stereocenters. The summed E-state index contributed by atoms with van der Waals surface area (Å²) in [5.41, 5.74) is 0.661. The van der Waals surface area contributed by atoms with Crippen LogP contribution in [0.4, 0.5) is 4.39 Å². The van der Waals surface area contributed by atoms with Gasteiger partial charge in [0.15, 0.2) is 5.96 Å². The molecule has 134 valence electrons. The molecule has 0 aliphatic carbocycles. The van der Waals surface area contributed by atoms with Crippen LogP contribution in [0.5, 0.6) is 0 Å². The van der Waals surface area contributed by atoms with Gasteiger partial charge in [0.1, 0.15) is 5.82 Å². The van der Waals surface area contributed by atoms with Crippen LogP contribution in [0.3, 0.4) is 0 Å². The topological polar surface area (TPSA) is 74.8 Å². The van der Waals surface area contributed by atoms with E-state index < -0.39 is 0 Å². The molecule has 0 saturated carbocycles. The normalized spacial score (nSPS) is 11.2. The van der Waals surface area contributed by atoms with Gasteiger partial charge in [0.25, 0.3) is 0 Å². The minimum atomic E-state index is -0.332. The molecular formula is C17H27FN4O2. The third-order valence-electron chi connectivity index (χ3n) is 3.11. The molecule has 0 aromatic heterocycles. The van der Waals surface area contributed by atoms with Crippen LogP contribution in [0.25, 0.3) is 0 Å². The van der Waals surface area contributed by atoms with E-state index in [2.05, 4.69) is 20.9 Å². The first kappa shape index (κ1) is 19.9. The highest BCUT2D eigenvalue weighted by atomic mass is 19.1. The lowest BCUT2D eigenvalue weighted by atomic mass is 10.1. The molecule has 1 aromatic carbocycles. The van der Waals surface area contributed by atoms with Crippen molar-refractivity contribution in [3.8, 4) is 0 Å². The van der Waals surface area contributed by atoms with Gasteiger partial charge in [-0.1, -0.05) is 12.1 Å². The lowest BCUT2D eigenvalue weighted by Gasteiger charge is -2.12. The summed E-state index contributed by atoms with van der Waals surface area (Å²) in [4.78, 5) is 16.2. The van der Waals surface area contributed by atoms with Crippen LogP contribution >= 0.6 is 0 Å². The van der Waals surface area contributed by atoms with Gasteiger partial charge in [-0.05, 0) is 31.0 Å². The molecule has 6 nitrogen and oxygen atoms in total. The first-order valence-corrected chi connectivity index (χ1v) is 8.18. The van der Waals surface area contributed by atoms with E-state index in [1.807, 2.05) is 6.92 Å². The first-order valence-electron chi connectivity index (χ1n) is 8.18. The number of nitrogens with zero attached hydrogens (tertiary/aromatic N) is 1. The Bertz CT molecular complexity index is 523. The Hall–Kier alpha value is -2.15. The lowest BCUT2D eigenvalue weighted by molar-refractivity contribution is -0.120. The second kappa shape index (κ2) is 12.3. The van der Waals surface area contributed by atoms with Gasteiger partial charge >= 0.3 is 0 Å². The van der Waals surface area contributed by atoms with Crippen molar-refractivity contribution >= 4 is 11.9 Å². The zero-order valence-corrected chi connectivity index (χ0v) is 14.4. The number of rotatable bonds is 10. The number of aliphatic imine (C=N–C) groups is 1. The number of halogens is 1. The number of ether oxygens (including phenoxy) is 1. The van der Waals surface area contributed by atoms with Crippen molar-refractivity contribution in [2.45, 2.75) is 19.8 Å². The van der Waals surface area contributed by atoms with Crippen LogP contribution in [0.15, 0.2) is 29.3 Å². The maximum absolute atomic E-state index is 13.1. The second-order valence-corrected chi connectivity index (χ2v) is 5.19. The molecule has 0 unspecified atom stereocenters. The van der Waals surface area contributed by atoms with Gasteiger partial charge in [0, 0.05) is 39.9 Å². The molecule has 0 fully saturated rings. The number of guanidine groups is 1. The summed E-state index contributed by atoms with van der Waals surface area (Å²) in [5, 5.41) is 9.08. The standard InChI is InChI=1S/C17H27FN4O2/c1-3-19-17(21-8-5-11-24-2)22-10-9-20-16(23)13-14-6-4-7-15(18)12-14/h4,6-7,12H,3,5,8-11,13H2,1-2H3,(H,20,23)(H2,19,21,22). The highest BCUT2D eigenvalue weighted by Gasteiger charge is 2.04. The zero-order chi connectivity index (χ0) is 17.6. The number of carbonyl (C=O) groups excluding carboxylic acids is 1. The minimum Gasteiger partial charge on any atom is -0.385 e. The van der Waals surface area contributed by atoms with E-state index in [1.54, 1.807) is 19.2 Å². The lowest BCUT2D eigenvalue weighted by Crippen LogP contribution is -2.41. The average Bonchev–Trinajstić information content (AvgIpc) is 2.55. The number of nitrogens with one attached hydrogen (secondary N) is 3. The Morgan fingerprint density at radius 2 is 2.04 bits per heavy atom. The number of hydrogen-bond donors (Lipinski definition) is 3. The summed E-state index contributed by atoms with van der Waals surface area (Å²) >= 11 is 0. The maximum atomic E-state index is 13.1. The Labute approximate surface area is 142 Å². The van der Waals surface area contributed by atoms with Gasteiger partial charge < -0.3 is 20.7 Å². The van der Waals surface area contributed by atoms with E-state index in [1.165, 1.54) is 12.1 Å². The molecule has 0 radical (unpaired) electrons. The van der Waals surface area contributed by atoms with Crippen LogP contribution < -0.4 is 16.0 Å². The zero-order valence-electron chi connectivity index (χ0n) is 14.4. The van der Waals surface area contributed by atoms with Crippen molar-refractivity contribution in [1.29, 1.82) is 0 Å². The van der Waals surface area contributed by atoms with Gasteiger partial charge in [-0.25, -0.2) is 4.39 Å². The second-order valence-electron chi connectivity index (χ2n) is 5.19. The molecule has 7 heteroatoms. The smallest absolute Gasteiger partial charge is 0.224 e. The molecule has 0 aliphatic heterocycles. The monoisotopic (exact) mass is 338 g/mol. The Morgan fingerprint density at radius 3 is 2.75 bits per heavy atom. The quantitative estimate of drug-likeness (QED) is 0.339. The van der Waals surface area contributed by atoms with E-state index in [9.17, 15) is 9.18 Å². The maximum Gasteiger partial charge on any atom is 0.224 e. The molecule has 1 rings (SSSR count). The molecule has 1 aromatic rings. The summed E-state index contributed by atoms with van der Waals surface area (Å²) < 4.78 is 18.0. The third-order valence-corrected chi connectivity index (χ3v) is 3.11. The minimum absolute atomic E-state index is 0.135. The van der Waals surface area contributed by atoms with Gasteiger partial charge in [-0.2, -0.15) is 0 Å². The Morgan fingerprint density at radius 1 is 1.25 bits per heavy atom. The number of carbonyl (C=O) groups is 1. The molecule has 0 aliphatic rings. The van der Waals surface area contributed by atoms with Crippen molar-refractivity contribution in [2.75, 3.05) is 39.9 Å². The molecular weight excluding hydrogens is 311 g/mol. The molecule has 3 N–H and O–H groups in total. The summed E-state index contributed by atoms with van der Waals surface area (Å²) in [7, 11) is 1.67. The summed E-state index contributed by atoms with van der Waals surface area (Å²) in [6, 6.07) is 6.06. The van der Waals surface area contributed by atoms with Crippen LogP contribution in [0, 0.1) is 5.82 Å². The van der Waals surface area contributed by atoms with Crippen LogP contribution in [0.1, 0.15) is 18.9 Å². The fourth-order valence-corrected chi connectivity index (χ4v) is 2.02. The van der Waals surface area contributed by atoms with E-state index in [0.717, 1.165) is 13.0 Å². The van der Waals surface area contributed by atoms with Crippen molar-refractivity contribution in [1.82, 2.24) is 16.0 Å². The van der Waals surface area contributed by atoms with Gasteiger partial charge in [0.2, 0.25) is 5.91 Å². The van der Waals surface area contributed by atoms with E-state index in [-0.39, 0.29) is 18.1 Å². The van der Waals surface area contributed by atoms with Crippen molar-refractivity contribution in [3.63, 3.8) is 0 Å². The number of amides is 1. The summed E-state index contributed by atoms with van der Waals surface area (Å²) in [6.45, 7) is 5.14. The van der Waals surface area contributed by atoms with Gasteiger partial charge in [-0.15, -0.1) is 0 Å². The summed E-state index contributed by atoms with van der Waals surface area (Å²) in [6.07, 6.45) is 1.03. The molecule has 0 heterocycles. The van der Waals surface area contributed by atoms with Crippen molar-refractivity contribution < 1.29 is 13.9 Å². The molecule has 24 heavy (non-hydrogen) atoms. The van der Waals surface area contributed by atoms with Gasteiger partial charge in [-0.3, -0.25) is 9.79 Å². The highest BCUT2D eigenvalue weighted by molar-refractivity contribution is 5.80. The van der Waals surface area contributed by atoms with E-state index in [4.69, 9.17) is 4.74 Å². The van der Waals surface area contributed by atoms with Crippen molar-refractivity contribution in [3.05, 3.63) is 35.6 Å². The third kappa shape index (κ3) is 9.09. The van der Waals surface area contributed by atoms with Gasteiger partial charge in [0.05, 0.1) is 6.42 Å².